The standard InChI is InChI=1S/C8F14O3/c9-1(10)2(11)24-8(21,22)6(17,7(18,19)20)25-5(15,16)3(23)4(12,13)14. The van der Waals surface area contributed by atoms with E-state index in [4.69, 9.17) is 0 Å². The summed E-state index contributed by atoms with van der Waals surface area (Å²) in [5, 5.41) is 0. The highest BCUT2D eigenvalue weighted by molar-refractivity contribution is 5.89. The van der Waals surface area contributed by atoms with Crippen LogP contribution >= 0.6 is 0 Å². The molecule has 0 fully saturated rings. The lowest BCUT2D eigenvalue weighted by molar-refractivity contribution is -0.490. The molecule has 17 heteroatoms. The van der Waals surface area contributed by atoms with Gasteiger partial charge in [-0.3, -0.25) is 9.53 Å². The van der Waals surface area contributed by atoms with E-state index in [2.05, 4.69) is 0 Å². The second-order valence-corrected chi connectivity index (χ2v) is 3.69. The summed E-state index contributed by atoms with van der Waals surface area (Å²) < 4.78 is 175. The summed E-state index contributed by atoms with van der Waals surface area (Å²) in [5.41, 5.74) is 0. The van der Waals surface area contributed by atoms with Gasteiger partial charge < -0.3 is 4.74 Å². The Morgan fingerprint density at radius 2 is 1.12 bits per heavy atom. The predicted molar refractivity (Wildman–Crippen MR) is 43.4 cm³/mol. The van der Waals surface area contributed by atoms with Gasteiger partial charge >= 0.3 is 48.3 Å². The zero-order valence-corrected chi connectivity index (χ0v) is 10.5. The summed E-state index contributed by atoms with van der Waals surface area (Å²) in [6.07, 6.45) is -32.1. The van der Waals surface area contributed by atoms with E-state index in [1.807, 2.05) is 4.74 Å². The average molecular weight is 410 g/mol. The number of Topliss-reactive ketones (excluding diaryl/α,β-unsaturated/α-hetero) is 1. The molecule has 0 aromatic heterocycles. The van der Waals surface area contributed by atoms with Gasteiger partial charge in [-0.05, 0) is 0 Å². The molecule has 0 radical (unpaired) electrons. The average Bonchev–Trinajstić information content (AvgIpc) is 2.33. The number of rotatable bonds is 6. The molecule has 0 amide bonds. The van der Waals surface area contributed by atoms with Crippen LogP contribution in [0, 0.1) is 0 Å². The van der Waals surface area contributed by atoms with Gasteiger partial charge in [-0.25, -0.2) is 0 Å². The number of carbonyl (C=O) groups excluding carboxylic acids is 1. The second-order valence-electron chi connectivity index (χ2n) is 3.69. The first-order valence-corrected chi connectivity index (χ1v) is 4.92. The maximum absolute atomic E-state index is 13.3. The van der Waals surface area contributed by atoms with Gasteiger partial charge in [0.25, 0.3) is 0 Å². The Morgan fingerprint density at radius 1 is 0.720 bits per heavy atom. The van der Waals surface area contributed by atoms with Gasteiger partial charge in [0.15, 0.2) is 0 Å². The molecule has 0 saturated carbocycles. The number of ketones is 1. The molecule has 1 unspecified atom stereocenters. The van der Waals surface area contributed by atoms with Crippen LogP contribution in [-0.2, 0) is 14.3 Å². The van der Waals surface area contributed by atoms with Crippen molar-refractivity contribution in [2.45, 2.75) is 30.4 Å². The molecule has 0 aliphatic carbocycles. The third-order valence-electron chi connectivity index (χ3n) is 1.90. The predicted octanol–water partition coefficient (Wildman–Crippen LogP) is 4.60. The summed E-state index contributed by atoms with van der Waals surface area (Å²) in [7, 11) is 0. The first kappa shape index (κ1) is 23.2. The molecule has 0 heterocycles. The lowest BCUT2D eigenvalue weighted by Crippen LogP contribution is -2.62. The van der Waals surface area contributed by atoms with Gasteiger partial charge in [-0.15, -0.1) is 0 Å². The number of ether oxygens (including phenoxy) is 2. The maximum Gasteiger partial charge on any atom is 0.471 e. The van der Waals surface area contributed by atoms with Crippen molar-refractivity contribution >= 4 is 5.78 Å². The van der Waals surface area contributed by atoms with Gasteiger partial charge in [0.05, 0.1) is 0 Å². The third-order valence-corrected chi connectivity index (χ3v) is 1.90. The lowest BCUT2D eigenvalue weighted by Gasteiger charge is -2.34. The Kier molecular flexibility index (Phi) is 6.02. The van der Waals surface area contributed by atoms with Crippen molar-refractivity contribution in [3.05, 3.63) is 12.1 Å². The Balaban J connectivity index is 6.11. The van der Waals surface area contributed by atoms with Gasteiger partial charge in [0.2, 0.25) is 0 Å². The normalized spacial score (nSPS) is 16.2. The summed E-state index contributed by atoms with van der Waals surface area (Å²) in [4.78, 5) is 10.1. The molecule has 0 aliphatic heterocycles. The van der Waals surface area contributed by atoms with Gasteiger partial charge in [0.1, 0.15) is 0 Å². The zero-order valence-electron chi connectivity index (χ0n) is 10.5. The number of hydrogen-bond donors (Lipinski definition) is 0. The van der Waals surface area contributed by atoms with Gasteiger partial charge in [-0.1, -0.05) is 0 Å². The molecule has 0 rings (SSSR count). The molecule has 0 spiro atoms. The van der Waals surface area contributed by atoms with E-state index in [1.54, 1.807) is 4.74 Å². The van der Waals surface area contributed by atoms with Crippen LogP contribution in [0.15, 0.2) is 12.1 Å². The summed E-state index contributed by atoms with van der Waals surface area (Å²) in [6.45, 7) is 0. The largest absolute Gasteiger partial charge is 0.471 e. The molecule has 0 aromatic carbocycles. The fraction of sp³-hybridized carbons (Fsp3) is 0.625. The summed E-state index contributed by atoms with van der Waals surface area (Å²) in [6, 6.07) is -3.90. The molecule has 0 bridgehead atoms. The van der Waals surface area contributed by atoms with Crippen LogP contribution in [0.25, 0.3) is 0 Å². The Morgan fingerprint density at radius 3 is 1.40 bits per heavy atom. The fourth-order valence-corrected chi connectivity index (χ4v) is 0.887. The van der Waals surface area contributed by atoms with E-state index >= 15 is 0 Å². The molecule has 0 aliphatic rings. The lowest BCUT2D eigenvalue weighted by atomic mass is 10.2. The third kappa shape index (κ3) is 4.85. The minimum atomic E-state index is -7.42. The molecular formula is C8F14O3. The smallest absolute Gasteiger partial charge is 0.398 e. The molecular weight excluding hydrogens is 410 g/mol. The molecule has 0 saturated heterocycles. The van der Waals surface area contributed by atoms with E-state index in [-0.39, 0.29) is 0 Å². The maximum atomic E-state index is 13.3. The second kappa shape index (κ2) is 6.49. The zero-order chi connectivity index (χ0) is 20.6. The van der Waals surface area contributed by atoms with Crippen LogP contribution < -0.4 is 0 Å². The Labute approximate surface area is 125 Å². The highest BCUT2D eigenvalue weighted by Crippen LogP contribution is 2.51. The summed E-state index contributed by atoms with van der Waals surface area (Å²) in [5.74, 6) is -11.9. The first-order chi connectivity index (χ1) is 10.7. The van der Waals surface area contributed by atoms with Crippen LogP contribution in [0.1, 0.15) is 0 Å². The van der Waals surface area contributed by atoms with Crippen molar-refractivity contribution in [3.63, 3.8) is 0 Å². The highest BCUT2D eigenvalue weighted by atomic mass is 19.4. The molecule has 0 aromatic rings. The quantitative estimate of drug-likeness (QED) is 0.475. The van der Waals surface area contributed by atoms with Crippen LogP contribution in [0.2, 0.25) is 0 Å². The van der Waals surface area contributed by atoms with Crippen molar-refractivity contribution in [2.24, 2.45) is 0 Å². The van der Waals surface area contributed by atoms with Crippen LogP contribution in [0.3, 0.4) is 0 Å². The molecule has 0 N–H and O–H groups in total. The number of alkyl halides is 11. The van der Waals surface area contributed by atoms with Gasteiger partial charge in [0, 0.05) is 0 Å². The van der Waals surface area contributed by atoms with Crippen LogP contribution in [-0.4, -0.2) is 36.2 Å². The van der Waals surface area contributed by atoms with Crippen LogP contribution in [0.5, 0.6) is 0 Å². The van der Waals surface area contributed by atoms with Crippen molar-refractivity contribution in [1.29, 1.82) is 0 Å². The van der Waals surface area contributed by atoms with E-state index in [9.17, 15) is 66.3 Å². The van der Waals surface area contributed by atoms with Crippen molar-refractivity contribution < 1.29 is 75.7 Å². The Hall–Kier alpha value is -1.81. The molecule has 148 valence electrons. The monoisotopic (exact) mass is 410 g/mol. The van der Waals surface area contributed by atoms with Crippen molar-refractivity contribution in [3.8, 4) is 0 Å². The first-order valence-electron chi connectivity index (χ1n) is 4.92. The molecule has 3 nitrogen and oxygen atoms in total. The van der Waals surface area contributed by atoms with E-state index in [0.29, 0.717) is 0 Å². The minimum absolute atomic E-state index is 1.62. The Bertz CT molecular complexity index is 541. The van der Waals surface area contributed by atoms with E-state index < -0.39 is 48.3 Å². The van der Waals surface area contributed by atoms with Crippen molar-refractivity contribution in [2.75, 3.05) is 0 Å². The SMILES string of the molecule is O=C(C(F)(F)F)C(F)(F)OC(F)(C(F)(F)F)C(F)(F)OC(F)=C(F)F. The van der Waals surface area contributed by atoms with E-state index in [0.717, 1.165) is 0 Å². The number of halogens is 14. The van der Waals surface area contributed by atoms with E-state index in [1.165, 1.54) is 0 Å². The summed E-state index contributed by atoms with van der Waals surface area (Å²) >= 11 is 0. The topological polar surface area (TPSA) is 35.5 Å². The fourth-order valence-electron chi connectivity index (χ4n) is 0.887. The molecule has 25 heavy (non-hydrogen) atoms. The minimum Gasteiger partial charge on any atom is -0.398 e. The van der Waals surface area contributed by atoms with Gasteiger partial charge in [-0.2, -0.15) is 61.5 Å². The highest BCUT2D eigenvalue weighted by Gasteiger charge is 2.80. The van der Waals surface area contributed by atoms with Crippen molar-refractivity contribution in [1.82, 2.24) is 0 Å². The van der Waals surface area contributed by atoms with Crippen LogP contribution in [0.4, 0.5) is 61.5 Å². The number of carbonyl (C=O) groups is 1. The molecule has 1 atom stereocenters. The number of hydrogen-bond acceptors (Lipinski definition) is 3.